The summed E-state index contributed by atoms with van der Waals surface area (Å²) in [6, 6.07) is 6.29. The van der Waals surface area contributed by atoms with Crippen LogP contribution in [0, 0.1) is 6.92 Å². The molecule has 0 heterocycles. The highest BCUT2D eigenvalue weighted by atomic mass is 79.9. The average molecular weight is 311 g/mol. The van der Waals surface area contributed by atoms with E-state index in [1.165, 1.54) is 5.56 Å². The van der Waals surface area contributed by atoms with Gasteiger partial charge in [-0.2, -0.15) is 0 Å². The first-order chi connectivity index (χ1) is 7.19. The van der Waals surface area contributed by atoms with Crippen LogP contribution in [-0.4, -0.2) is 24.8 Å². The Kier molecular flexibility index (Phi) is 5.80. The van der Waals surface area contributed by atoms with Gasteiger partial charge in [-0.05, 0) is 40.5 Å². The van der Waals surface area contributed by atoms with Gasteiger partial charge in [-0.15, -0.1) is 23.2 Å². The Bertz CT molecular complexity index is 311. The monoisotopic (exact) mass is 309 g/mol. The normalized spacial score (nSPS) is 10.4. The van der Waals surface area contributed by atoms with E-state index >= 15 is 0 Å². The Morgan fingerprint density at radius 2 is 1.80 bits per heavy atom. The largest absolute Gasteiger partial charge is 0.368 e. The van der Waals surface area contributed by atoms with Crippen LogP contribution in [-0.2, 0) is 0 Å². The third kappa shape index (κ3) is 3.86. The lowest BCUT2D eigenvalue weighted by molar-refractivity contribution is 0.871. The Labute approximate surface area is 109 Å². The van der Waals surface area contributed by atoms with Gasteiger partial charge in [0, 0.05) is 29.3 Å². The minimum atomic E-state index is 0.608. The lowest BCUT2D eigenvalue weighted by Gasteiger charge is -2.24. The Balaban J connectivity index is 2.89. The molecule has 0 radical (unpaired) electrons. The van der Waals surface area contributed by atoms with Gasteiger partial charge in [0.25, 0.3) is 0 Å². The van der Waals surface area contributed by atoms with Crippen LogP contribution in [0.3, 0.4) is 0 Å². The summed E-state index contributed by atoms with van der Waals surface area (Å²) in [5, 5.41) is 0. The van der Waals surface area contributed by atoms with Crippen molar-refractivity contribution in [2.75, 3.05) is 29.7 Å². The number of anilines is 1. The molecule has 1 rings (SSSR count). The molecule has 0 fully saturated rings. The molecule has 0 N–H and O–H groups in total. The summed E-state index contributed by atoms with van der Waals surface area (Å²) in [7, 11) is 0. The standard InChI is InChI=1S/C11H14BrCl2N/c1-9-2-3-11(10(12)8-9)15(6-4-13)7-5-14/h2-3,8H,4-7H2,1H3. The number of nitrogens with zero attached hydrogens (tertiary/aromatic N) is 1. The van der Waals surface area contributed by atoms with Crippen molar-refractivity contribution in [2.24, 2.45) is 0 Å². The van der Waals surface area contributed by atoms with E-state index in [-0.39, 0.29) is 0 Å². The van der Waals surface area contributed by atoms with Crippen molar-refractivity contribution in [2.45, 2.75) is 6.92 Å². The molecule has 0 bridgehead atoms. The highest BCUT2D eigenvalue weighted by Gasteiger charge is 2.08. The van der Waals surface area contributed by atoms with Crippen molar-refractivity contribution in [3.05, 3.63) is 28.2 Å². The van der Waals surface area contributed by atoms with E-state index in [2.05, 4.69) is 46.0 Å². The lowest BCUT2D eigenvalue weighted by atomic mass is 10.2. The van der Waals surface area contributed by atoms with E-state index < -0.39 is 0 Å². The highest BCUT2D eigenvalue weighted by molar-refractivity contribution is 9.10. The van der Waals surface area contributed by atoms with Crippen LogP contribution in [0.2, 0.25) is 0 Å². The first-order valence-electron chi connectivity index (χ1n) is 4.82. The summed E-state index contributed by atoms with van der Waals surface area (Å²) < 4.78 is 1.10. The van der Waals surface area contributed by atoms with E-state index in [0.717, 1.165) is 23.2 Å². The quantitative estimate of drug-likeness (QED) is 0.742. The molecule has 4 heteroatoms. The van der Waals surface area contributed by atoms with Crippen molar-refractivity contribution in [3.63, 3.8) is 0 Å². The fraction of sp³-hybridized carbons (Fsp3) is 0.455. The summed E-state index contributed by atoms with van der Waals surface area (Å²) in [5.74, 6) is 1.22. The van der Waals surface area contributed by atoms with Crippen LogP contribution in [0.4, 0.5) is 5.69 Å². The van der Waals surface area contributed by atoms with Gasteiger partial charge >= 0.3 is 0 Å². The van der Waals surface area contributed by atoms with E-state index in [4.69, 9.17) is 23.2 Å². The second kappa shape index (κ2) is 6.62. The van der Waals surface area contributed by atoms with Crippen molar-refractivity contribution < 1.29 is 0 Å². The Hall–Kier alpha value is 0.0800. The van der Waals surface area contributed by atoms with Gasteiger partial charge in [0.1, 0.15) is 0 Å². The number of aryl methyl sites for hydroxylation is 1. The molecule has 1 aromatic carbocycles. The molecule has 0 unspecified atom stereocenters. The van der Waals surface area contributed by atoms with Gasteiger partial charge in [-0.25, -0.2) is 0 Å². The molecule has 0 aliphatic heterocycles. The van der Waals surface area contributed by atoms with Gasteiger partial charge in [-0.3, -0.25) is 0 Å². The summed E-state index contributed by atoms with van der Waals surface area (Å²) >= 11 is 15.1. The molecule has 0 atom stereocenters. The summed E-state index contributed by atoms with van der Waals surface area (Å²) in [6.07, 6.45) is 0. The molecule has 0 amide bonds. The zero-order valence-corrected chi connectivity index (χ0v) is 11.7. The maximum Gasteiger partial charge on any atom is 0.0511 e. The van der Waals surface area contributed by atoms with E-state index in [0.29, 0.717) is 11.8 Å². The van der Waals surface area contributed by atoms with Crippen molar-refractivity contribution in [1.29, 1.82) is 0 Å². The molecular weight excluding hydrogens is 297 g/mol. The molecule has 84 valence electrons. The molecule has 0 saturated carbocycles. The Morgan fingerprint density at radius 1 is 1.20 bits per heavy atom. The summed E-state index contributed by atoms with van der Waals surface area (Å²) in [4.78, 5) is 2.18. The van der Waals surface area contributed by atoms with Gasteiger partial charge < -0.3 is 4.90 Å². The second-order valence-electron chi connectivity index (χ2n) is 3.32. The minimum absolute atomic E-state index is 0.608. The fourth-order valence-electron chi connectivity index (χ4n) is 1.43. The van der Waals surface area contributed by atoms with E-state index in [1.54, 1.807) is 0 Å². The summed E-state index contributed by atoms with van der Waals surface area (Å²) in [5.41, 5.74) is 2.39. The summed E-state index contributed by atoms with van der Waals surface area (Å²) in [6.45, 7) is 3.70. The Morgan fingerprint density at radius 3 is 2.27 bits per heavy atom. The molecule has 15 heavy (non-hydrogen) atoms. The maximum atomic E-state index is 5.77. The maximum absolute atomic E-state index is 5.77. The van der Waals surface area contributed by atoms with Gasteiger partial charge in [-0.1, -0.05) is 6.07 Å². The third-order valence-electron chi connectivity index (χ3n) is 2.15. The molecule has 0 aliphatic carbocycles. The smallest absolute Gasteiger partial charge is 0.0511 e. The third-order valence-corrected chi connectivity index (χ3v) is 3.13. The second-order valence-corrected chi connectivity index (χ2v) is 4.93. The molecule has 0 aliphatic rings. The van der Waals surface area contributed by atoms with E-state index in [1.807, 2.05) is 0 Å². The van der Waals surface area contributed by atoms with Crippen LogP contribution in [0.5, 0.6) is 0 Å². The number of hydrogen-bond acceptors (Lipinski definition) is 1. The van der Waals surface area contributed by atoms with Crippen LogP contribution < -0.4 is 4.90 Å². The predicted molar refractivity (Wildman–Crippen MR) is 72.5 cm³/mol. The number of hydrogen-bond donors (Lipinski definition) is 0. The first kappa shape index (κ1) is 13.1. The number of benzene rings is 1. The van der Waals surface area contributed by atoms with Gasteiger partial charge in [0.2, 0.25) is 0 Å². The highest BCUT2D eigenvalue weighted by Crippen LogP contribution is 2.27. The first-order valence-corrected chi connectivity index (χ1v) is 6.68. The lowest BCUT2D eigenvalue weighted by Crippen LogP contribution is -2.27. The molecule has 0 aromatic heterocycles. The van der Waals surface area contributed by atoms with E-state index in [9.17, 15) is 0 Å². The van der Waals surface area contributed by atoms with Gasteiger partial charge in [0.15, 0.2) is 0 Å². The van der Waals surface area contributed by atoms with Crippen molar-refractivity contribution in [3.8, 4) is 0 Å². The molecule has 0 spiro atoms. The minimum Gasteiger partial charge on any atom is -0.368 e. The van der Waals surface area contributed by atoms with Crippen LogP contribution in [0.15, 0.2) is 22.7 Å². The fourth-order valence-corrected chi connectivity index (χ4v) is 2.58. The zero-order valence-electron chi connectivity index (χ0n) is 8.64. The average Bonchev–Trinajstić information content (AvgIpc) is 2.17. The number of halogens is 3. The molecule has 1 aromatic rings. The topological polar surface area (TPSA) is 3.24 Å². The SMILES string of the molecule is Cc1ccc(N(CCCl)CCCl)c(Br)c1. The van der Waals surface area contributed by atoms with Crippen molar-refractivity contribution >= 4 is 44.8 Å². The van der Waals surface area contributed by atoms with Gasteiger partial charge in [0.05, 0.1) is 5.69 Å². The molecular formula is C11H14BrCl2N. The van der Waals surface area contributed by atoms with Crippen LogP contribution in [0.1, 0.15) is 5.56 Å². The molecule has 0 saturated heterocycles. The number of rotatable bonds is 5. The zero-order chi connectivity index (χ0) is 11.3. The molecule has 1 nitrogen and oxygen atoms in total. The van der Waals surface area contributed by atoms with Crippen LogP contribution in [0.25, 0.3) is 0 Å². The van der Waals surface area contributed by atoms with Crippen molar-refractivity contribution in [1.82, 2.24) is 0 Å². The van der Waals surface area contributed by atoms with Crippen LogP contribution >= 0.6 is 39.1 Å². The predicted octanol–water partition coefficient (Wildman–Crippen LogP) is 4.04. The number of alkyl halides is 2.